The van der Waals surface area contributed by atoms with Gasteiger partial charge in [0.15, 0.2) is 5.56 Å². The molecule has 0 amide bonds. The van der Waals surface area contributed by atoms with Crippen molar-refractivity contribution in [3.63, 3.8) is 0 Å². The first-order valence-corrected chi connectivity index (χ1v) is 8.36. The smallest absolute Gasteiger partial charge is 0.332 e. The van der Waals surface area contributed by atoms with Crippen molar-refractivity contribution >= 4 is 22.5 Å². The second kappa shape index (κ2) is 5.59. The molecule has 26 heavy (non-hydrogen) atoms. The molecule has 0 saturated heterocycles. The standard InChI is InChI=1S/C18H18N6O2/c1-22-14-7-6-11(8-13(14)21-15(22)10-4-5-10)20-16-12(9-19)17(25)24(3)18(26)23(16)2/h6-8,10,20H,4-5H2,1-3H3. The van der Waals surface area contributed by atoms with Gasteiger partial charge < -0.3 is 9.88 Å². The Balaban J connectivity index is 1.82. The van der Waals surface area contributed by atoms with E-state index in [0.29, 0.717) is 11.6 Å². The van der Waals surface area contributed by atoms with Crippen LogP contribution < -0.4 is 16.6 Å². The molecule has 1 N–H and O–H groups in total. The number of imidazole rings is 1. The van der Waals surface area contributed by atoms with Gasteiger partial charge >= 0.3 is 5.69 Å². The fraction of sp³-hybridized carbons (Fsp3) is 0.333. The van der Waals surface area contributed by atoms with Crippen molar-refractivity contribution in [2.24, 2.45) is 21.1 Å². The predicted octanol–water partition coefficient (Wildman–Crippen LogP) is 1.46. The summed E-state index contributed by atoms with van der Waals surface area (Å²) in [5, 5.41) is 12.4. The van der Waals surface area contributed by atoms with E-state index < -0.39 is 11.2 Å². The Morgan fingerprint density at radius 1 is 1.15 bits per heavy atom. The molecule has 2 aromatic heterocycles. The Labute approximate surface area is 148 Å². The summed E-state index contributed by atoms with van der Waals surface area (Å²) in [4.78, 5) is 29.1. The first-order valence-electron chi connectivity index (χ1n) is 8.36. The third-order valence-corrected chi connectivity index (χ3v) is 4.90. The lowest BCUT2D eigenvalue weighted by atomic mass is 10.2. The van der Waals surface area contributed by atoms with E-state index in [9.17, 15) is 14.9 Å². The Hall–Kier alpha value is -3.34. The fourth-order valence-electron chi connectivity index (χ4n) is 3.23. The molecule has 0 atom stereocenters. The van der Waals surface area contributed by atoms with Crippen LogP contribution >= 0.6 is 0 Å². The van der Waals surface area contributed by atoms with Crippen LogP contribution in [-0.2, 0) is 21.1 Å². The first kappa shape index (κ1) is 16.1. The molecule has 1 saturated carbocycles. The summed E-state index contributed by atoms with van der Waals surface area (Å²) < 4.78 is 4.29. The molecule has 132 valence electrons. The number of nitrogens with one attached hydrogen (secondary N) is 1. The number of hydrogen-bond donors (Lipinski definition) is 1. The molecule has 0 unspecified atom stereocenters. The number of nitrogens with zero attached hydrogens (tertiary/aromatic N) is 5. The zero-order valence-corrected chi connectivity index (χ0v) is 14.8. The number of fused-ring (bicyclic) bond motifs is 1. The van der Waals surface area contributed by atoms with Gasteiger partial charge in [-0.1, -0.05) is 0 Å². The van der Waals surface area contributed by atoms with Crippen LogP contribution in [-0.4, -0.2) is 18.7 Å². The summed E-state index contributed by atoms with van der Waals surface area (Å²) in [5.41, 5.74) is 1.31. The molecule has 1 fully saturated rings. The molecule has 0 bridgehead atoms. The van der Waals surface area contributed by atoms with E-state index in [2.05, 4.69) is 9.88 Å². The van der Waals surface area contributed by atoms with Crippen molar-refractivity contribution in [3.8, 4) is 6.07 Å². The summed E-state index contributed by atoms with van der Waals surface area (Å²) in [6.07, 6.45) is 2.34. The average Bonchev–Trinajstić information content (AvgIpc) is 3.42. The van der Waals surface area contributed by atoms with Crippen LogP contribution in [0.25, 0.3) is 11.0 Å². The lowest BCUT2D eigenvalue weighted by Gasteiger charge is -2.13. The molecule has 2 heterocycles. The normalized spacial score (nSPS) is 13.8. The minimum absolute atomic E-state index is 0.102. The Bertz CT molecular complexity index is 1200. The zero-order chi connectivity index (χ0) is 18.6. The predicted molar refractivity (Wildman–Crippen MR) is 97.6 cm³/mol. The van der Waals surface area contributed by atoms with E-state index in [1.807, 2.05) is 31.3 Å². The van der Waals surface area contributed by atoms with Crippen molar-refractivity contribution in [2.75, 3.05) is 5.32 Å². The van der Waals surface area contributed by atoms with Crippen LogP contribution in [0.1, 0.15) is 30.1 Å². The average molecular weight is 350 g/mol. The molecule has 0 spiro atoms. The van der Waals surface area contributed by atoms with E-state index >= 15 is 0 Å². The van der Waals surface area contributed by atoms with E-state index in [1.54, 1.807) is 0 Å². The molecule has 8 heteroatoms. The number of aryl methyl sites for hydroxylation is 1. The summed E-state index contributed by atoms with van der Waals surface area (Å²) in [5.74, 6) is 1.79. The molecule has 3 aromatic rings. The minimum Gasteiger partial charge on any atom is -0.340 e. The van der Waals surface area contributed by atoms with Crippen molar-refractivity contribution in [1.29, 1.82) is 5.26 Å². The van der Waals surface area contributed by atoms with Gasteiger partial charge in [-0.2, -0.15) is 5.26 Å². The van der Waals surface area contributed by atoms with Crippen LogP contribution in [0.15, 0.2) is 27.8 Å². The highest BCUT2D eigenvalue weighted by Gasteiger charge is 2.28. The minimum atomic E-state index is -0.618. The summed E-state index contributed by atoms with van der Waals surface area (Å²) in [7, 11) is 4.89. The first-order chi connectivity index (χ1) is 12.4. The molecule has 0 aliphatic heterocycles. The van der Waals surface area contributed by atoms with Crippen LogP contribution in [0.4, 0.5) is 11.5 Å². The molecule has 4 rings (SSSR count). The van der Waals surface area contributed by atoms with E-state index in [4.69, 9.17) is 4.98 Å². The van der Waals surface area contributed by atoms with Gasteiger partial charge in [0.1, 0.15) is 17.7 Å². The topological polar surface area (TPSA) is 97.6 Å². The van der Waals surface area contributed by atoms with Crippen molar-refractivity contribution in [2.45, 2.75) is 18.8 Å². The monoisotopic (exact) mass is 350 g/mol. The molecule has 8 nitrogen and oxygen atoms in total. The maximum Gasteiger partial charge on any atom is 0.332 e. The quantitative estimate of drug-likeness (QED) is 0.771. The number of benzene rings is 1. The largest absolute Gasteiger partial charge is 0.340 e. The zero-order valence-electron chi connectivity index (χ0n) is 14.8. The van der Waals surface area contributed by atoms with Gasteiger partial charge in [0.05, 0.1) is 11.0 Å². The summed E-state index contributed by atoms with van der Waals surface area (Å²) in [6, 6.07) is 7.55. The van der Waals surface area contributed by atoms with Crippen molar-refractivity contribution in [3.05, 3.63) is 50.4 Å². The van der Waals surface area contributed by atoms with Crippen molar-refractivity contribution < 1.29 is 0 Å². The van der Waals surface area contributed by atoms with Gasteiger partial charge in [0.2, 0.25) is 0 Å². The maximum atomic E-state index is 12.2. The third kappa shape index (κ3) is 2.32. The summed E-state index contributed by atoms with van der Waals surface area (Å²) in [6.45, 7) is 0. The van der Waals surface area contributed by atoms with Gasteiger partial charge in [0.25, 0.3) is 5.56 Å². The highest BCUT2D eigenvalue weighted by molar-refractivity contribution is 5.81. The number of rotatable bonds is 3. The highest BCUT2D eigenvalue weighted by atomic mass is 16.2. The molecular weight excluding hydrogens is 332 g/mol. The fourth-order valence-corrected chi connectivity index (χ4v) is 3.23. The van der Waals surface area contributed by atoms with Gasteiger partial charge in [0, 0.05) is 32.7 Å². The molecule has 1 aliphatic carbocycles. The Morgan fingerprint density at radius 2 is 1.88 bits per heavy atom. The van der Waals surface area contributed by atoms with Crippen LogP contribution in [0.5, 0.6) is 0 Å². The molecule has 1 aliphatic rings. The Morgan fingerprint density at radius 3 is 2.54 bits per heavy atom. The highest BCUT2D eigenvalue weighted by Crippen LogP contribution is 2.40. The van der Waals surface area contributed by atoms with Crippen molar-refractivity contribution in [1.82, 2.24) is 18.7 Å². The number of aromatic nitrogens is 4. The summed E-state index contributed by atoms with van der Waals surface area (Å²) >= 11 is 0. The second-order valence-corrected chi connectivity index (χ2v) is 6.67. The van der Waals surface area contributed by atoms with Crippen LogP contribution in [0.3, 0.4) is 0 Å². The van der Waals surface area contributed by atoms with Crippen LogP contribution in [0, 0.1) is 11.3 Å². The van der Waals surface area contributed by atoms with E-state index in [1.165, 1.54) is 31.5 Å². The van der Waals surface area contributed by atoms with Gasteiger partial charge in [-0.15, -0.1) is 0 Å². The molecule has 0 radical (unpaired) electrons. The van der Waals surface area contributed by atoms with Gasteiger partial charge in [-0.25, -0.2) is 9.78 Å². The molecular formula is C18H18N6O2. The molecule has 1 aromatic carbocycles. The number of nitriles is 1. The van der Waals surface area contributed by atoms with Gasteiger partial charge in [-0.05, 0) is 31.0 Å². The van der Waals surface area contributed by atoms with Crippen LogP contribution in [0.2, 0.25) is 0 Å². The van der Waals surface area contributed by atoms with E-state index in [0.717, 1.165) is 21.4 Å². The number of hydrogen-bond acceptors (Lipinski definition) is 5. The number of anilines is 2. The SMILES string of the molecule is Cn1c(Nc2ccc3c(c2)nc(C2CC2)n3C)c(C#N)c(=O)n(C)c1=O. The third-order valence-electron chi connectivity index (χ3n) is 4.90. The van der Waals surface area contributed by atoms with E-state index in [-0.39, 0.29) is 11.4 Å². The lowest BCUT2D eigenvalue weighted by molar-refractivity contribution is 0.689. The van der Waals surface area contributed by atoms with Gasteiger partial charge in [-0.3, -0.25) is 13.9 Å². The second-order valence-electron chi connectivity index (χ2n) is 6.67. The lowest BCUT2D eigenvalue weighted by Crippen LogP contribution is -2.39. The Kier molecular flexibility index (Phi) is 3.47. The maximum absolute atomic E-state index is 12.2.